The molecular formula is C30H39N3O11S. The number of amides is 2. The number of nitrogens with one attached hydrogen (secondary N) is 1. The van der Waals surface area contributed by atoms with Crippen LogP contribution in [0.3, 0.4) is 0 Å². The van der Waals surface area contributed by atoms with Crippen LogP contribution in [0.1, 0.15) is 25.8 Å². The second kappa shape index (κ2) is 14.2. The fourth-order valence-corrected chi connectivity index (χ4v) is 7.12. The average Bonchev–Trinajstić information content (AvgIpc) is 3.74. The average molecular weight is 650 g/mol. The summed E-state index contributed by atoms with van der Waals surface area (Å²) in [6.07, 6.45) is -2.21. The highest BCUT2D eigenvalue weighted by Gasteiger charge is 2.44. The van der Waals surface area contributed by atoms with Crippen LogP contribution in [-0.4, -0.2) is 94.1 Å². The van der Waals surface area contributed by atoms with Crippen molar-refractivity contribution in [3.63, 3.8) is 0 Å². The third-order valence-corrected chi connectivity index (χ3v) is 9.54. The van der Waals surface area contributed by atoms with Gasteiger partial charge in [-0.05, 0) is 48.6 Å². The van der Waals surface area contributed by atoms with Crippen LogP contribution >= 0.6 is 0 Å². The Hall–Kier alpha value is -3.63. The molecule has 2 aromatic carbocycles. The molecule has 5 rings (SSSR count). The molecule has 0 aromatic heterocycles. The van der Waals surface area contributed by atoms with Gasteiger partial charge in [0.15, 0.2) is 24.4 Å². The Morgan fingerprint density at radius 2 is 1.84 bits per heavy atom. The summed E-state index contributed by atoms with van der Waals surface area (Å²) in [6.45, 7) is 3.95. The molecule has 0 saturated carbocycles. The molecule has 4 N–H and O–H groups in total. The third-order valence-electron chi connectivity index (χ3n) is 7.71. The van der Waals surface area contributed by atoms with Crippen LogP contribution in [-0.2, 0) is 35.4 Å². The maximum Gasteiger partial charge on any atom is 0.407 e. The highest BCUT2D eigenvalue weighted by atomic mass is 32.2. The molecule has 2 saturated heterocycles. The van der Waals surface area contributed by atoms with E-state index >= 15 is 0 Å². The highest BCUT2D eigenvalue weighted by molar-refractivity contribution is 7.89. The number of benzene rings is 2. The number of nitrogens with zero attached hydrogens (tertiary/aromatic N) is 1. The molecule has 2 aromatic rings. The van der Waals surface area contributed by atoms with Crippen molar-refractivity contribution in [3.05, 3.63) is 48.0 Å². The van der Waals surface area contributed by atoms with Crippen LogP contribution < -0.4 is 25.3 Å². The standard InChI is InChI=1S/C30H39N3O11S/c1-18(2)13-33(45(37,38)21-7-8-25-26(12-21)43-17-42-25)14-24(34)23(11-19-3-5-20(6-4-19)40-16-28(31)35)32-30(36)44-27-15-41-29-22(27)9-10-39-29/h3-8,12,18,22-24,27,29,34H,9-11,13-17H2,1-2H3,(H2,31,35)(H,32,36)/t22?,23-,24+,27?,29?/m0/s1. The first kappa shape index (κ1) is 32.8. The van der Waals surface area contributed by atoms with Crippen LogP contribution in [0.15, 0.2) is 47.4 Å². The lowest BCUT2D eigenvalue weighted by molar-refractivity contribution is -0.119. The highest BCUT2D eigenvalue weighted by Crippen LogP contribution is 2.35. The summed E-state index contributed by atoms with van der Waals surface area (Å²) in [5.41, 5.74) is 5.85. The molecule has 5 atom stereocenters. The van der Waals surface area contributed by atoms with Gasteiger partial charge in [0.1, 0.15) is 11.9 Å². The topological polar surface area (TPSA) is 185 Å². The number of aliphatic hydroxyl groups excluding tert-OH is 1. The smallest absolute Gasteiger partial charge is 0.407 e. The lowest BCUT2D eigenvalue weighted by Gasteiger charge is -2.31. The van der Waals surface area contributed by atoms with E-state index in [9.17, 15) is 23.1 Å². The Morgan fingerprint density at radius 1 is 1.09 bits per heavy atom. The summed E-state index contributed by atoms with van der Waals surface area (Å²) in [6, 6.07) is 10.1. The van der Waals surface area contributed by atoms with Gasteiger partial charge >= 0.3 is 6.09 Å². The molecular weight excluding hydrogens is 610 g/mol. The monoisotopic (exact) mass is 649 g/mol. The number of hydrogen-bond acceptors (Lipinski definition) is 11. The molecule has 45 heavy (non-hydrogen) atoms. The summed E-state index contributed by atoms with van der Waals surface area (Å²) in [7, 11) is -4.09. The van der Waals surface area contributed by atoms with Gasteiger partial charge in [0.05, 0.1) is 36.2 Å². The Labute approximate surface area is 261 Å². The number of alkyl carbamates (subject to hydrolysis) is 1. The number of fused-ring (bicyclic) bond motifs is 2. The second-order valence-electron chi connectivity index (χ2n) is 11.6. The van der Waals surface area contributed by atoms with E-state index in [0.717, 1.165) is 0 Å². The molecule has 2 fully saturated rings. The van der Waals surface area contributed by atoms with Gasteiger partial charge in [-0.25, -0.2) is 13.2 Å². The Kier molecular flexibility index (Phi) is 10.3. The van der Waals surface area contributed by atoms with Crippen LogP contribution in [0.25, 0.3) is 0 Å². The Morgan fingerprint density at radius 3 is 2.58 bits per heavy atom. The van der Waals surface area contributed by atoms with E-state index in [2.05, 4.69) is 5.32 Å². The molecule has 2 amide bonds. The maximum absolute atomic E-state index is 13.8. The molecule has 15 heteroatoms. The third kappa shape index (κ3) is 8.16. The van der Waals surface area contributed by atoms with Crippen LogP contribution in [0, 0.1) is 11.8 Å². The van der Waals surface area contributed by atoms with Gasteiger partial charge in [-0.1, -0.05) is 26.0 Å². The van der Waals surface area contributed by atoms with E-state index in [4.69, 9.17) is 34.2 Å². The SMILES string of the molecule is CC(C)CN(C[C@@H](O)[C@H](Cc1ccc(OCC(N)=O)cc1)NC(=O)OC1COC2OCCC12)S(=O)(=O)c1ccc2c(c1)OCO2. The minimum absolute atomic E-state index is 0.00361. The lowest BCUT2D eigenvalue weighted by atomic mass is 10.0. The van der Waals surface area contributed by atoms with Gasteiger partial charge in [-0.15, -0.1) is 0 Å². The Bertz CT molecular complexity index is 1450. The van der Waals surface area contributed by atoms with Gasteiger partial charge < -0.3 is 44.6 Å². The van der Waals surface area contributed by atoms with E-state index in [1.165, 1.54) is 22.5 Å². The van der Waals surface area contributed by atoms with E-state index in [1.807, 2.05) is 13.8 Å². The summed E-state index contributed by atoms with van der Waals surface area (Å²) in [4.78, 5) is 24.2. The van der Waals surface area contributed by atoms with E-state index in [0.29, 0.717) is 35.8 Å². The van der Waals surface area contributed by atoms with Crippen molar-refractivity contribution in [1.29, 1.82) is 0 Å². The second-order valence-corrected chi connectivity index (χ2v) is 13.6. The molecule has 0 spiro atoms. The van der Waals surface area contributed by atoms with E-state index in [-0.39, 0.29) is 56.2 Å². The van der Waals surface area contributed by atoms with E-state index < -0.39 is 46.6 Å². The summed E-state index contributed by atoms with van der Waals surface area (Å²) in [5.74, 6) is 0.401. The molecule has 3 aliphatic rings. The minimum atomic E-state index is -4.09. The number of rotatable bonds is 14. The molecule has 14 nitrogen and oxygen atoms in total. The number of sulfonamides is 1. The van der Waals surface area contributed by atoms with Gasteiger partial charge in [0.25, 0.3) is 5.91 Å². The van der Waals surface area contributed by atoms with Gasteiger partial charge in [-0.3, -0.25) is 4.79 Å². The molecule has 0 aliphatic carbocycles. The largest absolute Gasteiger partial charge is 0.484 e. The van der Waals surface area contributed by atoms with Crippen molar-refractivity contribution < 1.29 is 51.5 Å². The van der Waals surface area contributed by atoms with Crippen LogP contribution in [0.4, 0.5) is 4.79 Å². The van der Waals surface area contributed by atoms with Gasteiger partial charge in [-0.2, -0.15) is 4.31 Å². The summed E-state index contributed by atoms with van der Waals surface area (Å²) in [5, 5.41) is 14.3. The van der Waals surface area contributed by atoms with Crippen molar-refractivity contribution in [2.45, 2.75) is 56.1 Å². The van der Waals surface area contributed by atoms with Crippen LogP contribution in [0.2, 0.25) is 0 Å². The fourth-order valence-electron chi connectivity index (χ4n) is 5.48. The van der Waals surface area contributed by atoms with Gasteiger partial charge in [0, 0.05) is 19.2 Å². The number of carbonyl (C=O) groups is 2. The molecule has 246 valence electrons. The molecule has 3 unspecified atom stereocenters. The van der Waals surface area contributed by atoms with Crippen LogP contribution in [0.5, 0.6) is 17.2 Å². The number of ether oxygens (including phenoxy) is 6. The zero-order chi connectivity index (χ0) is 32.1. The van der Waals surface area contributed by atoms with E-state index in [1.54, 1.807) is 24.3 Å². The Balaban J connectivity index is 1.34. The maximum atomic E-state index is 13.8. The predicted molar refractivity (Wildman–Crippen MR) is 158 cm³/mol. The number of carbonyl (C=O) groups excluding carboxylic acids is 2. The zero-order valence-electron chi connectivity index (χ0n) is 25.1. The zero-order valence-corrected chi connectivity index (χ0v) is 25.9. The number of nitrogens with two attached hydrogens (primary N) is 1. The minimum Gasteiger partial charge on any atom is -0.484 e. The molecule has 3 heterocycles. The summed E-state index contributed by atoms with van der Waals surface area (Å²) >= 11 is 0. The predicted octanol–water partition coefficient (Wildman–Crippen LogP) is 1.39. The number of primary amides is 1. The first-order valence-electron chi connectivity index (χ1n) is 14.8. The first-order valence-corrected chi connectivity index (χ1v) is 16.2. The van der Waals surface area contributed by atoms with Crippen molar-refractivity contribution >= 4 is 22.0 Å². The van der Waals surface area contributed by atoms with Gasteiger partial charge in [0.2, 0.25) is 16.8 Å². The number of aliphatic hydroxyl groups is 1. The lowest BCUT2D eigenvalue weighted by Crippen LogP contribution is -2.51. The molecule has 0 radical (unpaired) electrons. The normalized spacial score (nSPS) is 21.8. The molecule has 3 aliphatic heterocycles. The first-order chi connectivity index (χ1) is 21.5. The van der Waals surface area contributed by atoms with Crippen molar-refractivity contribution in [1.82, 2.24) is 9.62 Å². The molecule has 0 bridgehead atoms. The van der Waals surface area contributed by atoms with Crippen molar-refractivity contribution in [3.8, 4) is 17.2 Å². The quantitative estimate of drug-likeness (QED) is 0.269. The van der Waals surface area contributed by atoms with Crippen molar-refractivity contribution in [2.75, 3.05) is 39.7 Å². The van der Waals surface area contributed by atoms with Crippen molar-refractivity contribution in [2.24, 2.45) is 17.6 Å². The summed E-state index contributed by atoms with van der Waals surface area (Å²) < 4.78 is 61.6. The fraction of sp³-hybridized carbons (Fsp3) is 0.533. The number of hydrogen-bond donors (Lipinski definition) is 3.